The van der Waals surface area contributed by atoms with Crippen LogP contribution in [0.25, 0.3) is 11.5 Å². The second-order valence-electron chi connectivity index (χ2n) is 7.03. The topological polar surface area (TPSA) is 103 Å². The highest BCUT2D eigenvalue weighted by molar-refractivity contribution is 6.19. The Morgan fingerprint density at radius 3 is 2.27 bits per heavy atom. The van der Waals surface area contributed by atoms with Crippen LogP contribution in [0.1, 0.15) is 47.7 Å². The number of ether oxygens (including phenoxy) is 1. The van der Waals surface area contributed by atoms with Crippen molar-refractivity contribution in [2.45, 2.75) is 32.8 Å². The van der Waals surface area contributed by atoms with Gasteiger partial charge in [-0.15, -0.1) is 10.2 Å². The molecule has 1 saturated heterocycles. The van der Waals surface area contributed by atoms with Crippen LogP contribution >= 0.6 is 0 Å². The van der Waals surface area contributed by atoms with Gasteiger partial charge in [0.2, 0.25) is 17.7 Å². The van der Waals surface area contributed by atoms with Crippen LogP contribution < -0.4 is 4.90 Å². The lowest BCUT2D eigenvalue weighted by Crippen LogP contribution is -2.28. The number of anilines is 1. The van der Waals surface area contributed by atoms with E-state index >= 15 is 0 Å². The number of hydrogen-bond donors (Lipinski definition) is 0. The van der Waals surface area contributed by atoms with Crippen LogP contribution in [0.5, 0.6) is 0 Å². The molecule has 0 bridgehead atoms. The lowest BCUT2D eigenvalue weighted by atomic mass is 10.1. The molecule has 8 nitrogen and oxygen atoms in total. The van der Waals surface area contributed by atoms with Crippen molar-refractivity contribution in [3.63, 3.8) is 0 Å². The molecule has 4 rings (SSSR count). The van der Waals surface area contributed by atoms with Crippen LogP contribution in [0.4, 0.5) is 5.69 Å². The van der Waals surface area contributed by atoms with Crippen LogP contribution in [0.3, 0.4) is 0 Å². The molecule has 0 aliphatic carbocycles. The average Bonchev–Trinajstić information content (AvgIpc) is 3.36. The number of benzene rings is 2. The van der Waals surface area contributed by atoms with Crippen LogP contribution in [0.15, 0.2) is 52.9 Å². The van der Waals surface area contributed by atoms with Crippen molar-refractivity contribution in [2.24, 2.45) is 0 Å². The number of aromatic nitrogens is 2. The maximum absolute atomic E-state index is 12.4. The summed E-state index contributed by atoms with van der Waals surface area (Å²) in [5.74, 6) is -0.543. The third-order valence-electron chi connectivity index (χ3n) is 4.78. The molecule has 0 spiro atoms. The number of nitrogens with zero attached hydrogens (tertiary/aromatic N) is 3. The standard InChI is InChI=1S/C22H19N3O5/c1-13-3-5-15(6-4-13)21-24-23-20(30-21)14(2)29-22(28)16-7-9-17(10-8-16)25-18(26)11-12-19(25)27/h3-10,14H,11-12H2,1-2H3/t14-/m0/s1. The van der Waals surface area contributed by atoms with Crippen molar-refractivity contribution in [2.75, 3.05) is 4.90 Å². The smallest absolute Gasteiger partial charge is 0.338 e. The van der Waals surface area contributed by atoms with Gasteiger partial charge in [-0.3, -0.25) is 14.5 Å². The van der Waals surface area contributed by atoms with E-state index < -0.39 is 12.1 Å². The Morgan fingerprint density at radius 2 is 1.63 bits per heavy atom. The van der Waals surface area contributed by atoms with E-state index in [4.69, 9.17) is 9.15 Å². The zero-order chi connectivity index (χ0) is 21.3. The van der Waals surface area contributed by atoms with Gasteiger partial charge in [0.25, 0.3) is 5.89 Å². The number of amides is 2. The molecule has 1 aliphatic rings. The quantitative estimate of drug-likeness (QED) is 0.472. The zero-order valence-electron chi connectivity index (χ0n) is 16.5. The third-order valence-corrected chi connectivity index (χ3v) is 4.78. The largest absolute Gasteiger partial charge is 0.449 e. The summed E-state index contributed by atoms with van der Waals surface area (Å²) >= 11 is 0. The van der Waals surface area contributed by atoms with E-state index in [2.05, 4.69) is 10.2 Å². The summed E-state index contributed by atoms with van der Waals surface area (Å²) in [7, 11) is 0. The number of carbonyl (C=O) groups is 3. The summed E-state index contributed by atoms with van der Waals surface area (Å²) in [6.07, 6.45) is -0.338. The third kappa shape index (κ3) is 3.84. The molecular formula is C22H19N3O5. The monoisotopic (exact) mass is 405 g/mol. The van der Waals surface area contributed by atoms with Gasteiger partial charge in [0.1, 0.15) is 0 Å². The van der Waals surface area contributed by atoms with Gasteiger partial charge >= 0.3 is 5.97 Å². The Labute approximate surface area is 172 Å². The fourth-order valence-corrected chi connectivity index (χ4v) is 3.10. The minimum atomic E-state index is -0.745. The predicted molar refractivity (Wildman–Crippen MR) is 106 cm³/mol. The van der Waals surface area contributed by atoms with Gasteiger partial charge in [-0.05, 0) is 50.2 Å². The van der Waals surface area contributed by atoms with Crippen LogP contribution in [-0.4, -0.2) is 28.0 Å². The molecule has 2 aromatic carbocycles. The maximum atomic E-state index is 12.4. The van der Waals surface area contributed by atoms with Gasteiger partial charge in [0.05, 0.1) is 11.3 Å². The lowest BCUT2D eigenvalue weighted by Gasteiger charge is -2.14. The highest BCUT2D eigenvalue weighted by Gasteiger charge is 2.30. The molecule has 1 fully saturated rings. The van der Waals surface area contributed by atoms with Crippen molar-refractivity contribution in [3.8, 4) is 11.5 Å². The summed E-state index contributed by atoms with van der Waals surface area (Å²) in [5.41, 5.74) is 2.61. The molecule has 2 heterocycles. The minimum absolute atomic E-state index is 0.184. The van der Waals surface area contributed by atoms with Crippen LogP contribution in [0, 0.1) is 6.92 Å². The number of aryl methyl sites for hydroxylation is 1. The second-order valence-corrected chi connectivity index (χ2v) is 7.03. The first-order valence-corrected chi connectivity index (χ1v) is 9.49. The van der Waals surface area contributed by atoms with E-state index in [1.807, 2.05) is 31.2 Å². The molecule has 1 aliphatic heterocycles. The highest BCUT2D eigenvalue weighted by atomic mass is 16.6. The molecule has 0 unspecified atom stereocenters. The van der Waals surface area contributed by atoms with E-state index in [1.54, 1.807) is 19.1 Å². The van der Waals surface area contributed by atoms with Gasteiger partial charge in [0, 0.05) is 18.4 Å². The second kappa shape index (κ2) is 7.90. The number of carbonyl (C=O) groups excluding carboxylic acids is 3. The Bertz CT molecular complexity index is 1090. The van der Waals surface area contributed by atoms with Gasteiger partial charge in [-0.1, -0.05) is 17.7 Å². The van der Waals surface area contributed by atoms with E-state index in [0.717, 1.165) is 16.0 Å². The summed E-state index contributed by atoms with van der Waals surface area (Å²) in [6.45, 7) is 3.62. The minimum Gasteiger partial charge on any atom is -0.449 e. The number of esters is 1. The molecule has 0 N–H and O–H groups in total. The molecular weight excluding hydrogens is 386 g/mol. The fourth-order valence-electron chi connectivity index (χ4n) is 3.10. The Balaban J connectivity index is 1.43. The van der Waals surface area contributed by atoms with Crippen molar-refractivity contribution in [1.29, 1.82) is 0 Å². The fraction of sp³-hybridized carbons (Fsp3) is 0.227. The highest BCUT2D eigenvalue weighted by Crippen LogP contribution is 2.25. The Kier molecular flexibility index (Phi) is 5.14. The molecule has 0 saturated carbocycles. The average molecular weight is 405 g/mol. The zero-order valence-corrected chi connectivity index (χ0v) is 16.5. The van der Waals surface area contributed by atoms with E-state index in [0.29, 0.717) is 11.6 Å². The molecule has 3 aromatic rings. The number of imide groups is 1. The molecule has 30 heavy (non-hydrogen) atoms. The molecule has 1 atom stereocenters. The normalized spacial score (nSPS) is 14.8. The summed E-state index contributed by atoms with van der Waals surface area (Å²) in [4.78, 5) is 37.2. The first kappa shape index (κ1) is 19.5. The molecule has 8 heteroatoms. The van der Waals surface area contributed by atoms with E-state index in [1.165, 1.54) is 12.1 Å². The lowest BCUT2D eigenvalue weighted by molar-refractivity contribution is -0.121. The van der Waals surface area contributed by atoms with Crippen molar-refractivity contribution >= 4 is 23.5 Å². The first-order chi connectivity index (χ1) is 14.4. The summed E-state index contributed by atoms with van der Waals surface area (Å²) in [5, 5.41) is 7.98. The SMILES string of the molecule is Cc1ccc(-c2nnc([C@H](C)OC(=O)c3ccc(N4C(=O)CCC4=O)cc3)o2)cc1. The predicted octanol–water partition coefficient (Wildman–Crippen LogP) is 3.62. The molecule has 2 amide bonds. The van der Waals surface area contributed by atoms with Gasteiger partial charge in [-0.2, -0.15) is 0 Å². The van der Waals surface area contributed by atoms with Crippen LogP contribution in [0.2, 0.25) is 0 Å². The van der Waals surface area contributed by atoms with Crippen LogP contribution in [-0.2, 0) is 14.3 Å². The molecule has 1 aromatic heterocycles. The van der Waals surface area contributed by atoms with E-state index in [9.17, 15) is 14.4 Å². The number of rotatable bonds is 5. The van der Waals surface area contributed by atoms with Gasteiger partial charge in [0.15, 0.2) is 6.10 Å². The molecule has 152 valence electrons. The van der Waals surface area contributed by atoms with E-state index in [-0.39, 0.29) is 36.1 Å². The summed E-state index contributed by atoms with van der Waals surface area (Å²) in [6, 6.07) is 13.7. The Hall–Kier alpha value is -3.81. The first-order valence-electron chi connectivity index (χ1n) is 9.49. The number of hydrogen-bond acceptors (Lipinski definition) is 7. The van der Waals surface area contributed by atoms with Crippen molar-refractivity contribution < 1.29 is 23.5 Å². The van der Waals surface area contributed by atoms with Gasteiger partial charge in [-0.25, -0.2) is 4.79 Å². The van der Waals surface area contributed by atoms with Crippen molar-refractivity contribution in [1.82, 2.24) is 10.2 Å². The summed E-state index contributed by atoms with van der Waals surface area (Å²) < 4.78 is 11.1. The molecule has 0 radical (unpaired) electrons. The van der Waals surface area contributed by atoms with Crippen molar-refractivity contribution in [3.05, 3.63) is 65.5 Å². The maximum Gasteiger partial charge on any atom is 0.338 e. The van der Waals surface area contributed by atoms with Gasteiger partial charge < -0.3 is 9.15 Å². The Morgan fingerprint density at radius 1 is 1.00 bits per heavy atom.